The fraction of sp³-hybridized carbons (Fsp3) is 0.409. The lowest BCUT2D eigenvalue weighted by molar-refractivity contribution is -0.112. The second kappa shape index (κ2) is 9.26. The van der Waals surface area contributed by atoms with Gasteiger partial charge >= 0.3 is 0 Å². The van der Waals surface area contributed by atoms with E-state index in [1.165, 1.54) is 0 Å². The van der Waals surface area contributed by atoms with Gasteiger partial charge in [-0.15, -0.1) is 0 Å². The number of hydrogen-bond acceptors (Lipinski definition) is 3. The van der Waals surface area contributed by atoms with Crippen LogP contribution in [0.5, 0.6) is 0 Å². The summed E-state index contributed by atoms with van der Waals surface area (Å²) in [4.78, 5) is 35.6. The minimum absolute atomic E-state index is 0.0301. The monoisotopic (exact) mass is 340 g/mol. The van der Waals surface area contributed by atoms with Crippen LogP contribution in [0.3, 0.4) is 0 Å². The normalized spacial score (nSPS) is 13.9. The number of carbonyl (C=O) groups excluding carboxylic acids is 3. The van der Waals surface area contributed by atoms with Crippen LogP contribution in [0.2, 0.25) is 0 Å². The average Bonchev–Trinajstić information content (AvgIpc) is 2.61. The minimum Gasteiger partial charge on any atom is -0.298 e. The third-order valence-electron chi connectivity index (χ3n) is 4.25. The van der Waals surface area contributed by atoms with Gasteiger partial charge in [-0.25, -0.2) is 0 Å². The molecule has 2 rings (SSSR count). The molecule has 0 atom stereocenters. The van der Waals surface area contributed by atoms with Crippen LogP contribution >= 0.6 is 0 Å². The highest BCUT2D eigenvalue weighted by molar-refractivity contribution is 6.52. The molecule has 25 heavy (non-hydrogen) atoms. The van der Waals surface area contributed by atoms with E-state index >= 15 is 0 Å². The van der Waals surface area contributed by atoms with Gasteiger partial charge in [0.05, 0.1) is 0 Å². The molecule has 0 heterocycles. The number of allylic oxidation sites excluding steroid dienone is 3. The van der Waals surface area contributed by atoms with Gasteiger partial charge in [0.1, 0.15) is 6.29 Å². The molecule has 0 saturated carbocycles. The lowest BCUT2D eigenvalue weighted by atomic mass is 9.81. The van der Waals surface area contributed by atoms with Crippen molar-refractivity contribution in [3.8, 4) is 0 Å². The summed E-state index contributed by atoms with van der Waals surface area (Å²) < 4.78 is 0. The van der Waals surface area contributed by atoms with Gasteiger partial charge in [-0.3, -0.25) is 14.4 Å². The minimum atomic E-state index is -0.402. The lowest BCUT2D eigenvalue weighted by Crippen LogP contribution is -2.25. The van der Waals surface area contributed by atoms with Crippen LogP contribution in [-0.4, -0.2) is 17.9 Å². The van der Waals surface area contributed by atoms with Crippen molar-refractivity contribution in [2.24, 2.45) is 5.92 Å². The Labute approximate surface area is 150 Å². The zero-order chi connectivity index (χ0) is 19.1. The Hall–Kier alpha value is -2.29. The van der Waals surface area contributed by atoms with Gasteiger partial charge in [-0.2, -0.15) is 0 Å². The molecule has 134 valence electrons. The van der Waals surface area contributed by atoms with Gasteiger partial charge in [0.15, 0.2) is 0 Å². The predicted molar refractivity (Wildman–Crippen MR) is 103 cm³/mol. The van der Waals surface area contributed by atoms with E-state index in [1.807, 2.05) is 58.9 Å². The van der Waals surface area contributed by atoms with Crippen molar-refractivity contribution in [1.29, 1.82) is 0 Å². The third-order valence-corrected chi connectivity index (χ3v) is 4.25. The summed E-state index contributed by atoms with van der Waals surface area (Å²) in [6.07, 6.45) is 5.84. The van der Waals surface area contributed by atoms with Gasteiger partial charge in [0.2, 0.25) is 11.6 Å². The van der Waals surface area contributed by atoms with Crippen molar-refractivity contribution in [3.63, 3.8) is 0 Å². The molecule has 1 aromatic carbocycles. The van der Waals surface area contributed by atoms with Gasteiger partial charge in [0.25, 0.3) is 0 Å². The highest BCUT2D eigenvalue weighted by atomic mass is 16.2. The second-order valence-corrected chi connectivity index (χ2v) is 6.34. The quantitative estimate of drug-likeness (QED) is 0.435. The van der Waals surface area contributed by atoms with Gasteiger partial charge in [-0.1, -0.05) is 45.9 Å². The zero-order valence-electron chi connectivity index (χ0n) is 16.1. The lowest BCUT2D eigenvalue weighted by Gasteiger charge is -2.21. The molecule has 0 aliphatic heterocycles. The van der Waals surface area contributed by atoms with E-state index in [0.717, 1.165) is 23.0 Å². The molecule has 0 saturated heterocycles. The Morgan fingerprint density at radius 1 is 1.12 bits per heavy atom. The first kappa shape index (κ1) is 20.8. The molecule has 0 aromatic heterocycles. The molecule has 3 heteroatoms. The molecule has 1 aliphatic rings. The Kier molecular flexibility index (Phi) is 7.69. The van der Waals surface area contributed by atoms with E-state index < -0.39 is 5.78 Å². The van der Waals surface area contributed by atoms with E-state index in [-0.39, 0.29) is 11.7 Å². The molecule has 3 nitrogen and oxygen atoms in total. The molecular weight excluding hydrogens is 312 g/mol. The summed E-state index contributed by atoms with van der Waals surface area (Å²) >= 11 is 0. The van der Waals surface area contributed by atoms with Crippen molar-refractivity contribution < 1.29 is 14.4 Å². The van der Waals surface area contributed by atoms with Crippen molar-refractivity contribution >= 4 is 23.9 Å². The highest BCUT2D eigenvalue weighted by Gasteiger charge is 2.31. The summed E-state index contributed by atoms with van der Waals surface area (Å²) in [6.45, 7) is 11.5. The molecule has 0 spiro atoms. The highest BCUT2D eigenvalue weighted by Crippen LogP contribution is 2.30. The van der Waals surface area contributed by atoms with Crippen LogP contribution in [0.25, 0.3) is 6.08 Å². The Morgan fingerprint density at radius 2 is 1.76 bits per heavy atom. The average molecular weight is 340 g/mol. The summed E-state index contributed by atoms with van der Waals surface area (Å²) in [5.41, 5.74) is 4.54. The maximum absolute atomic E-state index is 12.6. The van der Waals surface area contributed by atoms with Crippen LogP contribution < -0.4 is 0 Å². The Morgan fingerprint density at radius 3 is 2.32 bits per heavy atom. The number of fused-ring (bicyclic) bond motifs is 1. The Balaban J connectivity index is 0.00000151. The van der Waals surface area contributed by atoms with Crippen LogP contribution in [0.1, 0.15) is 68.1 Å². The fourth-order valence-electron chi connectivity index (χ4n) is 2.88. The molecule has 0 bridgehead atoms. The van der Waals surface area contributed by atoms with Crippen LogP contribution in [0.15, 0.2) is 29.4 Å². The topological polar surface area (TPSA) is 51.2 Å². The largest absolute Gasteiger partial charge is 0.298 e. The fourth-order valence-corrected chi connectivity index (χ4v) is 2.88. The number of carbonyl (C=O) groups is 3. The first-order chi connectivity index (χ1) is 11.9. The zero-order valence-corrected chi connectivity index (χ0v) is 16.1. The number of Topliss-reactive ketones (excluding diaryl/α,β-unsaturated/α-hetero) is 2. The number of benzene rings is 1. The van der Waals surface area contributed by atoms with E-state index in [0.29, 0.717) is 29.6 Å². The smallest absolute Gasteiger partial charge is 0.234 e. The molecule has 1 aromatic rings. The standard InChI is InChI=1S/C20H22O3.C2H6/c1-12(2)17-10-15-9-8-14(4)16(7-5-6-13(3)11-21)18(15)20(23)19(17)22;1-2/h6,8-12H,5,7H2,1-4H3;1-2H3/b13-6+;. The molecule has 1 aliphatic carbocycles. The van der Waals surface area contributed by atoms with Crippen molar-refractivity contribution in [2.75, 3.05) is 0 Å². The molecular formula is C22H28O3. The number of aryl methyl sites for hydroxylation is 1. The van der Waals surface area contributed by atoms with Crippen LogP contribution in [-0.2, 0) is 16.0 Å². The molecule has 0 N–H and O–H groups in total. The van der Waals surface area contributed by atoms with Gasteiger partial charge in [-0.05, 0) is 60.9 Å². The summed E-state index contributed by atoms with van der Waals surface area (Å²) in [6, 6.07) is 3.90. The van der Waals surface area contributed by atoms with E-state index in [1.54, 1.807) is 6.92 Å². The number of aldehydes is 1. The molecule has 0 amide bonds. The van der Waals surface area contributed by atoms with E-state index in [2.05, 4.69) is 0 Å². The number of rotatable bonds is 5. The summed E-state index contributed by atoms with van der Waals surface area (Å²) in [5.74, 6) is -0.762. The summed E-state index contributed by atoms with van der Waals surface area (Å²) in [7, 11) is 0. The molecule has 0 fully saturated rings. The number of hydrogen-bond donors (Lipinski definition) is 0. The summed E-state index contributed by atoms with van der Waals surface area (Å²) in [5, 5.41) is 0. The first-order valence-corrected chi connectivity index (χ1v) is 8.91. The van der Waals surface area contributed by atoms with Gasteiger partial charge in [0, 0.05) is 11.1 Å². The van der Waals surface area contributed by atoms with E-state index in [4.69, 9.17) is 0 Å². The van der Waals surface area contributed by atoms with E-state index in [9.17, 15) is 14.4 Å². The third kappa shape index (κ3) is 4.62. The predicted octanol–water partition coefficient (Wildman–Crippen LogP) is 4.90. The number of ketones is 2. The van der Waals surface area contributed by atoms with Crippen molar-refractivity contribution in [3.05, 3.63) is 51.6 Å². The molecule has 0 radical (unpaired) electrons. The van der Waals surface area contributed by atoms with Crippen LogP contribution in [0.4, 0.5) is 0 Å². The van der Waals surface area contributed by atoms with Crippen molar-refractivity contribution in [2.45, 2.75) is 54.4 Å². The van der Waals surface area contributed by atoms with Crippen molar-refractivity contribution in [1.82, 2.24) is 0 Å². The van der Waals surface area contributed by atoms with Crippen LogP contribution in [0, 0.1) is 12.8 Å². The van der Waals surface area contributed by atoms with Gasteiger partial charge < -0.3 is 0 Å². The SMILES string of the molecule is C/C(C=O)=C\CCc1c(C)ccc2c1C(=O)C(=O)C(C(C)C)=C2.CC. The maximum atomic E-state index is 12.6. The maximum Gasteiger partial charge on any atom is 0.234 e. The Bertz CT molecular complexity index is 734. The molecule has 0 unspecified atom stereocenters. The second-order valence-electron chi connectivity index (χ2n) is 6.34. The first-order valence-electron chi connectivity index (χ1n) is 8.91.